The number of nitrogens with zero attached hydrogens (tertiary/aromatic N) is 2. The Hall–Kier alpha value is -2.84. The lowest BCUT2D eigenvalue weighted by molar-refractivity contribution is -0.117. The second-order valence-corrected chi connectivity index (χ2v) is 3.79. The lowest BCUT2D eigenvalue weighted by atomic mass is 10.2. The minimum atomic E-state index is -0.797. The van der Waals surface area contributed by atoms with Gasteiger partial charge in [-0.2, -0.15) is 0 Å². The molecule has 0 aliphatic carbocycles. The Bertz CT molecular complexity index is 514. The lowest BCUT2D eigenvalue weighted by Gasteiger charge is -2.22. The zero-order valence-electron chi connectivity index (χ0n) is 10.00. The number of nitrogens with two attached hydrogens (primary N) is 4. The molecule has 102 valence electrons. The van der Waals surface area contributed by atoms with Gasteiger partial charge in [0.15, 0.2) is 0 Å². The van der Waals surface area contributed by atoms with Crippen LogP contribution in [0, 0.1) is 0 Å². The minimum absolute atomic E-state index is 0.0255. The number of primary amides is 3. The lowest BCUT2D eigenvalue weighted by Crippen LogP contribution is -2.41. The summed E-state index contributed by atoms with van der Waals surface area (Å²) in [5.41, 5.74) is 21.0. The summed E-state index contributed by atoms with van der Waals surface area (Å²) < 4.78 is 0. The van der Waals surface area contributed by atoms with Crippen molar-refractivity contribution in [2.45, 2.75) is 0 Å². The van der Waals surface area contributed by atoms with Gasteiger partial charge in [0.2, 0.25) is 11.8 Å². The molecule has 1 aromatic rings. The molecule has 0 aliphatic heterocycles. The summed E-state index contributed by atoms with van der Waals surface area (Å²) >= 11 is 0. The van der Waals surface area contributed by atoms with Crippen molar-refractivity contribution in [2.24, 2.45) is 17.2 Å². The number of pyridine rings is 1. The topological polar surface area (TPSA) is 171 Å². The molecule has 19 heavy (non-hydrogen) atoms. The molecule has 0 unspecified atom stereocenters. The number of anilines is 2. The van der Waals surface area contributed by atoms with E-state index in [0.29, 0.717) is 0 Å². The molecule has 1 heterocycles. The van der Waals surface area contributed by atoms with E-state index in [0.717, 1.165) is 4.90 Å². The van der Waals surface area contributed by atoms with Crippen molar-refractivity contribution in [3.8, 4) is 0 Å². The average molecular weight is 266 g/mol. The SMILES string of the molecule is NC(=O)CN(CC(N)=O)c1ncc(N)cc1C(N)=O. The van der Waals surface area contributed by atoms with E-state index in [-0.39, 0.29) is 30.2 Å². The van der Waals surface area contributed by atoms with Gasteiger partial charge in [-0.25, -0.2) is 4.98 Å². The van der Waals surface area contributed by atoms with Gasteiger partial charge in [-0.15, -0.1) is 0 Å². The number of nitrogen functional groups attached to an aromatic ring is 1. The number of aromatic nitrogens is 1. The predicted molar refractivity (Wildman–Crippen MR) is 67.8 cm³/mol. The van der Waals surface area contributed by atoms with Crippen LogP contribution in [0.15, 0.2) is 12.3 Å². The normalized spacial score (nSPS) is 9.89. The van der Waals surface area contributed by atoms with Crippen molar-refractivity contribution < 1.29 is 14.4 Å². The van der Waals surface area contributed by atoms with Crippen LogP contribution in [0.5, 0.6) is 0 Å². The van der Waals surface area contributed by atoms with Crippen molar-refractivity contribution in [2.75, 3.05) is 23.7 Å². The summed E-state index contributed by atoms with van der Waals surface area (Å²) in [7, 11) is 0. The van der Waals surface area contributed by atoms with Crippen molar-refractivity contribution in [3.63, 3.8) is 0 Å². The maximum atomic E-state index is 11.3. The first kappa shape index (κ1) is 14.2. The highest BCUT2D eigenvalue weighted by molar-refractivity contribution is 5.99. The highest BCUT2D eigenvalue weighted by Gasteiger charge is 2.20. The second-order valence-electron chi connectivity index (χ2n) is 3.79. The Balaban J connectivity index is 3.24. The van der Waals surface area contributed by atoms with E-state index < -0.39 is 17.7 Å². The van der Waals surface area contributed by atoms with Crippen LogP contribution >= 0.6 is 0 Å². The third-order valence-electron chi connectivity index (χ3n) is 2.15. The van der Waals surface area contributed by atoms with Gasteiger partial charge in [-0.1, -0.05) is 0 Å². The van der Waals surface area contributed by atoms with Gasteiger partial charge in [-0.05, 0) is 6.07 Å². The second kappa shape index (κ2) is 5.67. The highest BCUT2D eigenvalue weighted by atomic mass is 16.2. The summed E-state index contributed by atoms with van der Waals surface area (Å²) in [6.07, 6.45) is 1.26. The molecule has 0 saturated heterocycles. The summed E-state index contributed by atoms with van der Waals surface area (Å²) in [6, 6.07) is 1.29. The third kappa shape index (κ3) is 3.84. The molecule has 1 rings (SSSR count). The number of hydrogen-bond acceptors (Lipinski definition) is 6. The van der Waals surface area contributed by atoms with Crippen LogP contribution in [-0.2, 0) is 9.59 Å². The van der Waals surface area contributed by atoms with Gasteiger partial charge in [0, 0.05) is 0 Å². The highest BCUT2D eigenvalue weighted by Crippen LogP contribution is 2.19. The molecule has 1 aromatic heterocycles. The van der Waals surface area contributed by atoms with E-state index in [1.54, 1.807) is 0 Å². The number of hydrogen-bond donors (Lipinski definition) is 4. The molecule has 0 saturated carbocycles. The fourth-order valence-electron chi connectivity index (χ4n) is 1.49. The Labute approximate surface area is 108 Å². The first-order valence-corrected chi connectivity index (χ1v) is 5.18. The smallest absolute Gasteiger partial charge is 0.252 e. The average Bonchev–Trinajstić information content (AvgIpc) is 2.26. The fraction of sp³-hybridized carbons (Fsp3) is 0.200. The summed E-state index contributed by atoms with van der Waals surface area (Å²) in [5, 5.41) is 0. The molecule has 0 radical (unpaired) electrons. The molecule has 0 atom stereocenters. The Morgan fingerprint density at radius 1 is 1.11 bits per heavy atom. The van der Waals surface area contributed by atoms with Gasteiger partial charge in [-0.3, -0.25) is 14.4 Å². The number of carbonyl (C=O) groups is 3. The van der Waals surface area contributed by atoms with Crippen molar-refractivity contribution in [1.82, 2.24) is 4.98 Å². The maximum Gasteiger partial charge on any atom is 0.252 e. The van der Waals surface area contributed by atoms with E-state index in [1.165, 1.54) is 12.3 Å². The standard InChI is InChI=1S/C10H14N6O3/c11-5-1-6(9(14)19)10(15-2-5)16(3-7(12)17)4-8(13)18/h1-2H,3-4,11H2,(H2,12,17)(H2,13,18)(H2,14,19). The van der Waals surface area contributed by atoms with Gasteiger partial charge in [0.1, 0.15) is 5.82 Å². The zero-order chi connectivity index (χ0) is 14.6. The molecule has 0 aromatic carbocycles. The van der Waals surface area contributed by atoms with Crippen LogP contribution < -0.4 is 27.8 Å². The quantitative estimate of drug-likeness (QED) is 0.444. The van der Waals surface area contributed by atoms with Crippen LogP contribution in [0.4, 0.5) is 11.5 Å². The van der Waals surface area contributed by atoms with E-state index in [2.05, 4.69) is 4.98 Å². The van der Waals surface area contributed by atoms with E-state index >= 15 is 0 Å². The molecule has 9 nitrogen and oxygen atoms in total. The summed E-state index contributed by atoms with van der Waals surface area (Å²) in [5.74, 6) is -2.20. The first-order valence-electron chi connectivity index (χ1n) is 5.18. The van der Waals surface area contributed by atoms with Gasteiger partial charge >= 0.3 is 0 Å². The van der Waals surface area contributed by atoms with Crippen molar-refractivity contribution in [3.05, 3.63) is 17.8 Å². The van der Waals surface area contributed by atoms with E-state index in [1.807, 2.05) is 0 Å². The van der Waals surface area contributed by atoms with Gasteiger partial charge < -0.3 is 27.8 Å². The molecular weight excluding hydrogens is 252 g/mol. The number of carbonyl (C=O) groups excluding carboxylic acids is 3. The first-order chi connectivity index (χ1) is 8.81. The third-order valence-corrected chi connectivity index (χ3v) is 2.15. The molecule has 9 heteroatoms. The summed E-state index contributed by atoms with van der Waals surface area (Å²) in [6.45, 7) is -0.666. The van der Waals surface area contributed by atoms with Crippen LogP contribution in [0.3, 0.4) is 0 Å². The van der Waals surface area contributed by atoms with Crippen LogP contribution in [0.2, 0.25) is 0 Å². The van der Waals surface area contributed by atoms with Crippen LogP contribution in [-0.4, -0.2) is 35.8 Å². The fourth-order valence-corrected chi connectivity index (χ4v) is 1.49. The summed E-state index contributed by atoms with van der Waals surface area (Å²) in [4.78, 5) is 38.3. The number of rotatable bonds is 6. The van der Waals surface area contributed by atoms with Crippen molar-refractivity contribution in [1.29, 1.82) is 0 Å². The molecule has 0 aliphatic rings. The minimum Gasteiger partial charge on any atom is -0.397 e. The monoisotopic (exact) mass is 266 g/mol. The Morgan fingerprint density at radius 3 is 2.05 bits per heavy atom. The van der Waals surface area contributed by atoms with Gasteiger partial charge in [0.05, 0.1) is 30.5 Å². The predicted octanol–water partition coefficient (Wildman–Crippen LogP) is -2.46. The molecule has 0 fully saturated rings. The maximum absolute atomic E-state index is 11.3. The van der Waals surface area contributed by atoms with Crippen molar-refractivity contribution >= 4 is 29.2 Å². The molecule has 3 amide bonds. The van der Waals surface area contributed by atoms with Crippen LogP contribution in [0.25, 0.3) is 0 Å². The molecule has 0 spiro atoms. The van der Waals surface area contributed by atoms with Gasteiger partial charge in [0.25, 0.3) is 5.91 Å². The van der Waals surface area contributed by atoms with E-state index in [9.17, 15) is 14.4 Å². The largest absolute Gasteiger partial charge is 0.397 e. The Kier molecular flexibility index (Phi) is 4.24. The molecule has 0 bridgehead atoms. The zero-order valence-corrected chi connectivity index (χ0v) is 10.00. The van der Waals surface area contributed by atoms with E-state index in [4.69, 9.17) is 22.9 Å². The number of amides is 3. The Morgan fingerprint density at radius 2 is 1.63 bits per heavy atom. The van der Waals surface area contributed by atoms with Crippen LogP contribution in [0.1, 0.15) is 10.4 Å². The molecular formula is C10H14N6O3. The molecule has 8 N–H and O–H groups in total.